The summed E-state index contributed by atoms with van der Waals surface area (Å²) in [5.41, 5.74) is 0. The van der Waals surface area contributed by atoms with Crippen molar-refractivity contribution in [1.82, 2.24) is 15.5 Å². The van der Waals surface area contributed by atoms with Gasteiger partial charge in [-0.2, -0.15) is 0 Å². The average Bonchev–Trinajstić information content (AvgIpc) is 2.98. The summed E-state index contributed by atoms with van der Waals surface area (Å²) in [5, 5.41) is 6.55. The van der Waals surface area contributed by atoms with Crippen LogP contribution in [0.15, 0.2) is 0 Å². The number of carbonyl (C=O) groups is 1. The number of amides is 2. The number of urea groups is 1. The van der Waals surface area contributed by atoms with E-state index in [-0.39, 0.29) is 6.03 Å². The molecular formula is C14H25N3O2. The van der Waals surface area contributed by atoms with Crippen molar-refractivity contribution in [2.24, 2.45) is 5.92 Å². The molecule has 0 aromatic heterocycles. The molecule has 4 heterocycles. The van der Waals surface area contributed by atoms with E-state index in [1.54, 1.807) is 0 Å². The van der Waals surface area contributed by atoms with Crippen LogP contribution in [0.4, 0.5) is 4.79 Å². The van der Waals surface area contributed by atoms with E-state index in [0.29, 0.717) is 18.0 Å². The third-order valence-corrected chi connectivity index (χ3v) is 4.70. The van der Waals surface area contributed by atoms with Crippen LogP contribution in [0.5, 0.6) is 0 Å². The summed E-state index contributed by atoms with van der Waals surface area (Å²) in [6.07, 6.45) is 5.81. The Morgan fingerprint density at radius 2 is 2.32 bits per heavy atom. The summed E-state index contributed by atoms with van der Waals surface area (Å²) in [4.78, 5) is 14.2. The number of piperazine rings is 1. The maximum atomic E-state index is 12.1. The van der Waals surface area contributed by atoms with Crippen molar-refractivity contribution in [2.45, 2.75) is 44.2 Å². The highest BCUT2D eigenvalue weighted by Crippen LogP contribution is 2.22. The Morgan fingerprint density at radius 3 is 2.95 bits per heavy atom. The first kappa shape index (κ1) is 13.2. The molecule has 5 nitrogen and oxygen atoms in total. The highest BCUT2D eigenvalue weighted by atomic mass is 16.5. The Hall–Kier alpha value is -0.810. The number of carbonyl (C=O) groups excluding carboxylic acids is 1. The van der Waals surface area contributed by atoms with Crippen LogP contribution in [0, 0.1) is 5.92 Å². The van der Waals surface area contributed by atoms with E-state index in [1.807, 2.05) is 4.90 Å². The fourth-order valence-corrected chi connectivity index (χ4v) is 3.46. The standard InChI is InChI=1S/C14H25N3O2/c18-14(15-6-1-2-11-5-7-19-10-11)17-9-12-3-4-13(17)8-16-12/h11-13,16H,1-10H2,(H,15,18). The number of nitrogens with zero attached hydrogens (tertiary/aromatic N) is 1. The predicted octanol–water partition coefficient (Wildman–Crippen LogP) is 0.949. The fourth-order valence-electron chi connectivity index (χ4n) is 3.46. The molecule has 4 fully saturated rings. The summed E-state index contributed by atoms with van der Waals surface area (Å²) in [5.74, 6) is 0.715. The van der Waals surface area contributed by atoms with Gasteiger partial charge in [-0.15, -0.1) is 0 Å². The smallest absolute Gasteiger partial charge is 0.317 e. The lowest BCUT2D eigenvalue weighted by Crippen LogP contribution is -2.64. The van der Waals surface area contributed by atoms with E-state index in [2.05, 4.69) is 10.6 Å². The lowest BCUT2D eigenvalue weighted by atomic mass is 9.93. The maximum Gasteiger partial charge on any atom is 0.317 e. The first-order chi connectivity index (χ1) is 9.33. The molecule has 3 atom stereocenters. The molecule has 0 spiro atoms. The Balaban J connectivity index is 1.34. The van der Waals surface area contributed by atoms with Crippen molar-refractivity contribution in [3.05, 3.63) is 0 Å². The minimum atomic E-state index is 0.138. The number of hydrogen-bond donors (Lipinski definition) is 2. The quantitative estimate of drug-likeness (QED) is 0.746. The highest BCUT2D eigenvalue weighted by Gasteiger charge is 2.35. The molecule has 108 valence electrons. The predicted molar refractivity (Wildman–Crippen MR) is 73.1 cm³/mol. The van der Waals surface area contributed by atoms with Crippen LogP contribution < -0.4 is 10.6 Å². The van der Waals surface area contributed by atoms with Crippen molar-refractivity contribution < 1.29 is 9.53 Å². The second-order valence-electron chi connectivity index (χ2n) is 6.09. The van der Waals surface area contributed by atoms with Gasteiger partial charge in [0.2, 0.25) is 0 Å². The SMILES string of the molecule is O=C(NCCCC1CCOC1)N1CC2CCC1CN2. The number of piperidine rings is 2. The molecule has 4 saturated heterocycles. The summed E-state index contributed by atoms with van der Waals surface area (Å²) in [6.45, 7) is 4.48. The molecule has 4 rings (SSSR count). The molecule has 0 aromatic carbocycles. The van der Waals surface area contributed by atoms with E-state index in [1.165, 1.54) is 19.3 Å². The Morgan fingerprint density at radius 1 is 1.37 bits per heavy atom. The third-order valence-electron chi connectivity index (χ3n) is 4.70. The molecule has 19 heavy (non-hydrogen) atoms. The molecule has 0 radical (unpaired) electrons. The van der Waals surface area contributed by atoms with Crippen molar-refractivity contribution in [3.8, 4) is 0 Å². The van der Waals surface area contributed by atoms with Gasteiger partial charge in [0.15, 0.2) is 0 Å². The zero-order valence-electron chi connectivity index (χ0n) is 11.6. The third kappa shape index (κ3) is 3.20. The van der Waals surface area contributed by atoms with E-state index >= 15 is 0 Å². The van der Waals surface area contributed by atoms with Crippen LogP contribution in [0.2, 0.25) is 0 Å². The molecule has 0 saturated carbocycles. The molecule has 4 aliphatic heterocycles. The van der Waals surface area contributed by atoms with Gasteiger partial charge in [-0.1, -0.05) is 0 Å². The van der Waals surface area contributed by atoms with Crippen molar-refractivity contribution in [2.75, 3.05) is 32.8 Å². The highest BCUT2D eigenvalue weighted by molar-refractivity contribution is 5.74. The number of rotatable bonds is 4. The molecule has 2 amide bonds. The molecule has 5 heteroatoms. The second-order valence-corrected chi connectivity index (χ2v) is 6.09. The van der Waals surface area contributed by atoms with Crippen molar-refractivity contribution >= 4 is 6.03 Å². The molecule has 2 N–H and O–H groups in total. The molecule has 3 unspecified atom stereocenters. The minimum absolute atomic E-state index is 0.138. The van der Waals surface area contributed by atoms with E-state index in [9.17, 15) is 4.79 Å². The maximum absolute atomic E-state index is 12.1. The van der Waals surface area contributed by atoms with Crippen LogP contribution in [0.3, 0.4) is 0 Å². The molecular weight excluding hydrogens is 242 g/mol. The first-order valence-corrected chi connectivity index (χ1v) is 7.68. The van der Waals surface area contributed by atoms with Gasteiger partial charge in [0.05, 0.1) is 0 Å². The Kier molecular flexibility index (Phi) is 4.23. The van der Waals surface area contributed by atoms with Crippen LogP contribution in [0.1, 0.15) is 32.1 Å². The fraction of sp³-hybridized carbons (Fsp3) is 0.929. The van der Waals surface area contributed by atoms with Gasteiger partial charge >= 0.3 is 6.03 Å². The topological polar surface area (TPSA) is 53.6 Å². The zero-order valence-corrected chi connectivity index (χ0v) is 11.6. The number of nitrogens with one attached hydrogen (secondary N) is 2. The van der Waals surface area contributed by atoms with Crippen LogP contribution in [-0.2, 0) is 4.74 Å². The summed E-state index contributed by atoms with van der Waals surface area (Å²) < 4.78 is 5.36. The van der Waals surface area contributed by atoms with Gasteiger partial charge in [0.25, 0.3) is 0 Å². The van der Waals surface area contributed by atoms with E-state index in [4.69, 9.17) is 4.74 Å². The lowest BCUT2D eigenvalue weighted by Gasteiger charge is -2.45. The zero-order chi connectivity index (χ0) is 13.1. The van der Waals surface area contributed by atoms with Crippen molar-refractivity contribution in [3.63, 3.8) is 0 Å². The Bertz CT molecular complexity index is 310. The molecule has 0 aromatic rings. The molecule has 4 aliphatic rings. The van der Waals surface area contributed by atoms with Crippen LogP contribution in [-0.4, -0.2) is 55.9 Å². The van der Waals surface area contributed by atoms with E-state index < -0.39 is 0 Å². The largest absolute Gasteiger partial charge is 0.381 e. The van der Waals surface area contributed by atoms with Gasteiger partial charge in [0, 0.05) is 44.9 Å². The average molecular weight is 267 g/mol. The lowest BCUT2D eigenvalue weighted by molar-refractivity contribution is 0.0978. The summed E-state index contributed by atoms with van der Waals surface area (Å²) in [6, 6.07) is 1.07. The minimum Gasteiger partial charge on any atom is -0.381 e. The van der Waals surface area contributed by atoms with Gasteiger partial charge in [-0.05, 0) is 38.0 Å². The summed E-state index contributed by atoms with van der Waals surface area (Å²) >= 11 is 0. The number of hydrogen-bond acceptors (Lipinski definition) is 3. The second kappa shape index (κ2) is 6.09. The van der Waals surface area contributed by atoms with Gasteiger partial charge in [-0.3, -0.25) is 0 Å². The first-order valence-electron chi connectivity index (χ1n) is 7.68. The van der Waals surface area contributed by atoms with Crippen molar-refractivity contribution in [1.29, 1.82) is 0 Å². The van der Waals surface area contributed by atoms with E-state index in [0.717, 1.165) is 45.7 Å². The molecule has 0 aliphatic carbocycles. The van der Waals surface area contributed by atoms with Crippen LogP contribution in [0.25, 0.3) is 0 Å². The monoisotopic (exact) mass is 267 g/mol. The van der Waals surface area contributed by atoms with Crippen LogP contribution >= 0.6 is 0 Å². The van der Waals surface area contributed by atoms with Gasteiger partial charge in [-0.25, -0.2) is 4.79 Å². The molecule has 2 bridgehead atoms. The Labute approximate surface area is 115 Å². The number of ether oxygens (including phenoxy) is 1. The summed E-state index contributed by atoms with van der Waals surface area (Å²) in [7, 11) is 0. The normalized spacial score (nSPS) is 33.7. The number of fused-ring (bicyclic) bond motifs is 3. The van der Waals surface area contributed by atoms with Gasteiger partial charge < -0.3 is 20.3 Å². The van der Waals surface area contributed by atoms with Gasteiger partial charge in [0.1, 0.15) is 0 Å².